The number of halogens is 1. The van der Waals surface area contributed by atoms with Crippen LogP contribution in [0.5, 0.6) is 0 Å². The highest BCUT2D eigenvalue weighted by Crippen LogP contribution is 2.15. The number of aromatic nitrogens is 2. The molecule has 5 nitrogen and oxygen atoms in total. The van der Waals surface area contributed by atoms with Crippen molar-refractivity contribution < 1.29 is 0 Å². The van der Waals surface area contributed by atoms with E-state index in [1.807, 2.05) is 50.2 Å². The summed E-state index contributed by atoms with van der Waals surface area (Å²) in [7, 11) is 0. The average molecular weight is 341 g/mol. The fourth-order valence-electron chi connectivity index (χ4n) is 2.42. The topological polar surface area (TPSA) is 62.2 Å². The van der Waals surface area contributed by atoms with Gasteiger partial charge in [0, 0.05) is 10.7 Å². The molecule has 0 aliphatic carbocycles. The minimum atomic E-state index is -0.140. The van der Waals surface area contributed by atoms with Crippen LogP contribution >= 0.6 is 11.6 Å². The smallest absolute Gasteiger partial charge is 0.280 e. The molecule has 0 aliphatic rings. The van der Waals surface area contributed by atoms with Gasteiger partial charge in [-0.05, 0) is 43.7 Å². The highest BCUT2D eigenvalue weighted by atomic mass is 35.5. The molecule has 3 rings (SSSR count). The summed E-state index contributed by atoms with van der Waals surface area (Å²) in [6.07, 6.45) is 1.52. The van der Waals surface area contributed by atoms with Gasteiger partial charge in [0.2, 0.25) is 0 Å². The first-order valence-electron chi connectivity index (χ1n) is 7.48. The van der Waals surface area contributed by atoms with Crippen molar-refractivity contribution in [2.75, 3.05) is 5.43 Å². The predicted molar refractivity (Wildman–Crippen MR) is 98.5 cm³/mol. The molecule has 0 atom stereocenters. The van der Waals surface area contributed by atoms with Gasteiger partial charge in [-0.15, -0.1) is 0 Å². The van der Waals surface area contributed by atoms with Gasteiger partial charge in [-0.3, -0.25) is 15.3 Å². The zero-order valence-corrected chi connectivity index (χ0v) is 14.1. The lowest BCUT2D eigenvalue weighted by atomic mass is 10.2. The van der Waals surface area contributed by atoms with Crippen molar-refractivity contribution in [3.05, 3.63) is 80.7 Å². The van der Waals surface area contributed by atoms with E-state index in [9.17, 15) is 4.79 Å². The number of benzene rings is 2. The van der Waals surface area contributed by atoms with Gasteiger partial charge < -0.3 is 0 Å². The monoisotopic (exact) mass is 340 g/mol. The third kappa shape index (κ3) is 3.26. The number of aromatic amines is 1. The van der Waals surface area contributed by atoms with Gasteiger partial charge in [0.25, 0.3) is 5.56 Å². The van der Waals surface area contributed by atoms with E-state index in [0.29, 0.717) is 10.6 Å². The van der Waals surface area contributed by atoms with Crippen LogP contribution < -0.4 is 11.0 Å². The van der Waals surface area contributed by atoms with Crippen LogP contribution in [-0.2, 0) is 0 Å². The number of hydrogen-bond donors (Lipinski definition) is 2. The molecule has 24 heavy (non-hydrogen) atoms. The Hall–Kier alpha value is -2.79. The maximum atomic E-state index is 12.6. The van der Waals surface area contributed by atoms with Crippen LogP contribution in [0.15, 0.2) is 58.4 Å². The van der Waals surface area contributed by atoms with E-state index in [-0.39, 0.29) is 5.56 Å². The van der Waals surface area contributed by atoms with E-state index in [1.165, 1.54) is 10.9 Å². The Morgan fingerprint density at radius 2 is 1.96 bits per heavy atom. The van der Waals surface area contributed by atoms with E-state index < -0.39 is 0 Å². The average Bonchev–Trinajstić information content (AvgIpc) is 2.83. The number of H-pyrrole nitrogens is 1. The summed E-state index contributed by atoms with van der Waals surface area (Å²) in [6.45, 7) is 3.81. The highest BCUT2D eigenvalue weighted by Gasteiger charge is 2.11. The predicted octanol–water partition coefficient (Wildman–Crippen LogP) is 3.88. The molecule has 1 heterocycles. The molecule has 0 unspecified atom stereocenters. The molecule has 6 heteroatoms. The van der Waals surface area contributed by atoms with Gasteiger partial charge in [-0.1, -0.05) is 35.9 Å². The van der Waals surface area contributed by atoms with Gasteiger partial charge >= 0.3 is 0 Å². The normalized spacial score (nSPS) is 11.1. The zero-order valence-electron chi connectivity index (χ0n) is 13.4. The summed E-state index contributed by atoms with van der Waals surface area (Å²) in [5.41, 5.74) is 6.59. The fourth-order valence-corrected chi connectivity index (χ4v) is 2.62. The first-order valence-corrected chi connectivity index (χ1v) is 7.86. The number of anilines is 1. The number of para-hydroxylation sites is 1. The summed E-state index contributed by atoms with van der Waals surface area (Å²) < 4.78 is 1.53. The number of aryl methyl sites for hydroxylation is 2. The molecule has 1 aromatic heterocycles. The van der Waals surface area contributed by atoms with Crippen molar-refractivity contribution >= 4 is 23.5 Å². The van der Waals surface area contributed by atoms with Crippen molar-refractivity contribution in [2.24, 2.45) is 5.10 Å². The molecule has 3 aromatic rings. The van der Waals surface area contributed by atoms with Crippen LogP contribution in [0.2, 0.25) is 5.02 Å². The second-order valence-electron chi connectivity index (χ2n) is 5.46. The largest absolute Gasteiger partial charge is 0.295 e. The Balaban J connectivity index is 1.89. The first kappa shape index (κ1) is 16.1. The van der Waals surface area contributed by atoms with Gasteiger partial charge in [0.05, 0.1) is 23.2 Å². The highest BCUT2D eigenvalue weighted by molar-refractivity contribution is 6.30. The van der Waals surface area contributed by atoms with E-state index in [4.69, 9.17) is 11.6 Å². The van der Waals surface area contributed by atoms with Crippen molar-refractivity contribution in [1.29, 1.82) is 0 Å². The first-order chi connectivity index (χ1) is 11.6. The summed E-state index contributed by atoms with van der Waals surface area (Å²) in [6, 6.07) is 14.9. The maximum Gasteiger partial charge on any atom is 0.280 e. The Kier molecular flexibility index (Phi) is 4.53. The van der Waals surface area contributed by atoms with Crippen molar-refractivity contribution in [3.63, 3.8) is 0 Å². The molecule has 0 amide bonds. The Morgan fingerprint density at radius 1 is 1.17 bits per heavy atom. The van der Waals surface area contributed by atoms with Gasteiger partial charge in [0.15, 0.2) is 0 Å². The molecule has 122 valence electrons. The molecule has 0 saturated carbocycles. The molecule has 2 aromatic carbocycles. The van der Waals surface area contributed by atoms with E-state index in [0.717, 1.165) is 22.6 Å². The lowest BCUT2D eigenvalue weighted by molar-refractivity contribution is 0.829. The molecule has 0 radical (unpaired) electrons. The van der Waals surface area contributed by atoms with Crippen LogP contribution in [0.25, 0.3) is 5.69 Å². The standard InChI is InChI=1S/C18H17ClN4O/c1-12-6-3-4-9-17(12)23-18(24)16(13(2)22-23)11-20-21-15-8-5-7-14(19)10-15/h3-11,21-22H,1-2H3/b20-11+. The van der Waals surface area contributed by atoms with Gasteiger partial charge in [0.1, 0.15) is 0 Å². The van der Waals surface area contributed by atoms with Gasteiger partial charge in [-0.25, -0.2) is 4.68 Å². The van der Waals surface area contributed by atoms with Crippen molar-refractivity contribution in [2.45, 2.75) is 13.8 Å². The maximum absolute atomic E-state index is 12.6. The van der Waals surface area contributed by atoms with Crippen LogP contribution in [0.4, 0.5) is 5.69 Å². The van der Waals surface area contributed by atoms with E-state index in [2.05, 4.69) is 15.6 Å². The van der Waals surface area contributed by atoms with Crippen LogP contribution in [0, 0.1) is 13.8 Å². The SMILES string of the molecule is Cc1ccccc1-n1[nH]c(C)c(/C=N/Nc2cccc(Cl)c2)c1=O. The molecular formula is C18H17ClN4O. The second-order valence-corrected chi connectivity index (χ2v) is 5.89. The summed E-state index contributed by atoms with van der Waals surface area (Å²) in [5.74, 6) is 0. The number of hydrazone groups is 1. The van der Waals surface area contributed by atoms with Crippen LogP contribution in [-0.4, -0.2) is 16.0 Å². The molecular weight excluding hydrogens is 324 g/mol. The molecule has 0 aliphatic heterocycles. The summed E-state index contributed by atoms with van der Waals surface area (Å²) >= 11 is 5.93. The van der Waals surface area contributed by atoms with Gasteiger partial charge in [-0.2, -0.15) is 5.10 Å². The fraction of sp³-hybridized carbons (Fsp3) is 0.111. The number of hydrogen-bond acceptors (Lipinski definition) is 3. The third-order valence-electron chi connectivity index (χ3n) is 3.69. The lowest BCUT2D eigenvalue weighted by Crippen LogP contribution is -2.18. The van der Waals surface area contributed by atoms with Crippen molar-refractivity contribution in [3.8, 4) is 5.69 Å². The van der Waals surface area contributed by atoms with E-state index in [1.54, 1.807) is 12.1 Å². The molecule has 0 fully saturated rings. The molecule has 0 spiro atoms. The third-order valence-corrected chi connectivity index (χ3v) is 3.92. The quantitative estimate of drug-likeness (QED) is 0.559. The molecule has 0 bridgehead atoms. The summed E-state index contributed by atoms with van der Waals surface area (Å²) in [5, 5.41) is 7.85. The summed E-state index contributed by atoms with van der Waals surface area (Å²) in [4.78, 5) is 12.6. The zero-order chi connectivity index (χ0) is 17.1. The van der Waals surface area contributed by atoms with Crippen molar-refractivity contribution in [1.82, 2.24) is 9.78 Å². The number of nitrogens with zero attached hydrogens (tertiary/aromatic N) is 2. The Morgan fingerprint density at radius 3 is 2.71 bits per heavy atom. The second kappa shape index (κ2) is 6.76. The van der Waals surface area contributed by atoms with Crippen LogP contribution in [0.3, 0.4) is 0 Å². The number of rotatable bonds is 4. The number of nitrogens with one attached hydrogen (secondary N) is 2. The Labute approximate surface area is 144 Å². The minimum absolute atomic E-state index is 0.140. The Bertz CT molecular complexity index is 956. The lowest BCUT2D eigenvalue weighted by Gasteiger charge is -2.04. The van der Waals surface area contributed by atoms with E-state index >= 15 is 0 Å². The minimum Gasteiger partial charge on any atom is -0.295 e. The molecule has 2 N–H and O–H groups in total. The molecule has 0 saturated heterocycles. The van der Waals surface area contributed by atoms with Crippen LogP contribution in [0.1, 0.15) is 16.8 Å².